The van der Waals surface area contributed by atoms with Gasteiger partial charge in [-0.15, -0.1) is 0 Å². The van der Waals surface area contributed by atoms with E-state index in [0.717, 1.165) is 6.08 Å². The van der Waals surface area contributed by atoms with E-state index in [1.807, 2.05) is 0 Å². The lowest BCUT2D eigenvalue weighted by molar-refractivity contribution is -0.145. The number of carboxylic acids is 1. The van der Waals surface area contributed by atoms with Crippen LogP contribution in [-0.2, 0) is 14.3 Å². The Kier molecular flexibility index (Phi) is 6.30. The molecule has 1 aliphatic rings. The fourth-order valence-electron chi connectivity index (χ4n) is 2.14. The lowest BCUT2D eigenvalue weighted by Gasteiger charge is -2.38. The molecule has 9 N–H and O–H groups in total. The fraction of sp³-hybridized carbons (Fsp3) is 0.583. The van der Waals surface area contributed by atoms with Gasteiger partial charge in [-0.2, -0.15) is 0 Å². The van der Waals surface area contributed by atoms with Crippen LogP contribution in [0.15, 0.2) is 16.8 Å². The minimum Gasteiger partial charge on any atom is -0.478 e. The number of amides is 1. The van der Waals surface area contributed by atoms with E-state index in [0.29, 0.717) is 0 Å². The normalized spacial score (nSPS) is 26.3. The number of aliphatic imine (C=N–C) groups is 1. The van der Waals surface area contributed by atoms with Crippen LogP contribution in [0.3, 0.4) is 0 Å². The standard InChI is InChI=1S/C12H20N4O7/c1-4(18)15-8-5(16-12(13)14)2-7(11(21)22)23-10(8)9(20)6(19)3-17/h2,5-6,8-10,17,19-20H,3H2,1H3,(H,15,18)(H,21,22)(H4,13,14,16)/t5-,6-,8-,9+,10-/m1/s1. The van der Waals surface area contributed by atoms with E-state index in [1.54, 1.807) is 0 Å². The number of guanidine groups is 1. The van der Waals surface area contributed by atoms with Gasteiger partial charge in [0.25, 0.3) is 0 Å². The summed E-state index contributed by atoms with van der Waals surface area (Å²) in [6, 6.07) is -2.11. The van der Waals surface area contributed by atoms with Crippen LogP contribution in [0.25, 0.3) is 0 Å². The third-order valence-corrected chi connectivity index (χ3v) is 3.10. The number of aliphatic hydroxyl groups is 3. The van der Waals surface area contributed by atoms with Crippen molar-refractivity contribution in [1.82, 2.24) is 5.32 Å². The highest BCUT2D eigenvalue weighted by Crippen LogP contribution is 2.24. The van der Waals surface area contributed by atoms with E-state index in [2.05, 4.69) is 10.3 Å². The van der Waals surface area contributed by atoms with Gasteiger partial charge in [-0.3, -0.25) is 4.79 Å². The summed E-state index contributed by atoms with van der Waals surface area (Å²) in [6.07, 6.45) is -3.65. The second-order valence-electron chi connectivity index (χ2n) is 4.93. The van der Waals surface area contributed by atoms with E-state index in [-0.39, 0.29) is 5.96 Å². The first kappa shape index (κ1) is 18.7. The molecule has 0 aromatic rings. The van der Waals surface area contributed by atoms with Crippen molar-refractivity contribution in [3.8, 4) is 0 Å². The van der Waals surface area contributed by atoms with Gasteiger partial charge in [-0.05, 0) is 6.08 Å². The molecule has 1 rings (SSSR count). The van der Waals surface area contributed by atoms with Crippen molar-refractivity contribution < 1.29 is 34.8 Å². The van der Waals surface area contributed by atoms with Gasteiger partial charge in [0.15, 0.2) is 5.96 Å². The topological polar surface area (TPSA) is 201 Å². The number of carbonyl (C=O) groups is 2. The first-order valence-electron chi connectivity index (χ1n) is 6.62. The van der Waals surface area contributed by atoms with E-state index >= 15 is 0 Å². The first-order valence-corrected chi connectivity index (χ1v) is 6.62. The molecule has 0 unspecified atom stereocenters. The summed E-state index contributed by atoms with van der Waals surface area (Å²) >= 11 is 0. The molecule has 23 heavy (non-hydrogen) atoms. The number of aliphatic carboxylic acids is 1. The molecule has 5 atom stereocenters. The Balaban J connectivity index is 3.28. The minimum absolute atomic E-state index is 0.371. The minimum atomic E-state index is -1.70. The quantitative estimate of drug-likeness (QED) is 0.188. The molecule has 0 saturated carbocycles. The molecule has 11 heteroatoms. The second kappa shape index (κ2) is 7.76. The maximum atomic E-state index is 11.4. The largest absolute Gasteiger partial charge is 0.478 e. The van der Waals surface area contributed by atoms with E-state index in [1.165, 1.54) is 6.92 Å². The maximum Gasteiger partial charge on any atom is 0.370 e. The van der Waals surface area contributed by atoms with Crippen molar-refractivity contribution in [2.45, 2.75) is 37.3 Å². The predicted octanol–water partition coefficient (Wildman–Crippen LogP) is -3.79. The molecule has 0 radical (unpaired) electrons. The number of hydrogen-bond acceptors (Lipinski definition) is 7. The molecular weight excluding hydrogens is 312 g/mol. The van der Waals surface area contributed by atoms with Crippen molar-refractivity contribution in [3.63, 3.8) is 0 Å². The van der Waals surface area contributed by atoms with E-state index in [9.17, 15) is 19.8 Å². The molecule has 0 fully saturated rings. The lowest BCUT2D eigenvalue weighted by atomic mass is 9.92. The molecule has 1 heterocycles. The van der Waals surface area contributed by atoms with Crippen LogP contribution in [0.1, 0.15) is 6.92 Å². The summed E-state index contributed by atoms with van der Waals surface area (Å²) < 4.78 is 5.13. The Labute approximate surface area is 131 Å². The van der Waals surface area contributed by atoms with Gasteiger partial charge in [0.2, 0.25) is 11.7 Å². The van der Waals surface area contributed by atoms with Crippen LogP contribution in [0, 0.1) is 0 Å². The molecule has 1 amide bonds. The highest BCUT2D eigenvalue weighted by atomic mass is 16.5. The van der Waals surface area contributed by atoms with Crippen LogP contribution >= 0.6 is 0 Å². The zero-order chi connectivity index (χ0) is 17.7. The Morgan fingerprint density at radius 3 is 2.48 bits per heavy atom. The number of ether oxygens (including phenoxy) is 1. The Bertz CT molecular complexity index is 518. The van der Waals surface area contributed by atoms with Crippen molar-refractivity contribution in [2.24, 2.45) is 16.5 Å². The molecular formula is C12H20N4O7. The third kappa shape index (κ3) is 4.81. The lowest BCUT2D eigenvalue weighted by Crippen LogP contribution is -2.59. The average molecular weight is 332 g/mol. The maximum absolute atomic E-state index is 11.4. The smallest absolute Gasteiger partial charge is 0.370 e. The average Bonchev–Trinajstić information content (AvgIpc) is 2.45. The van der Waals surface area contributed by atoms with Crippen LogP contribution < -0.4 is 16.8 Å². The summed E-state index contributed by atoms with van der Waals surface area (Å²) in [5.74, 6) is -2.89. The monoisotopic (exact) mass is 332 g/mol. The molecule has 0 aliphatic carbocycles. The van der Waals surface area contributed by atoms with E-state index < -0.39 is 54.6 Å². The van der Waals surface area contributed by atoms with Gasteiger partial charge in [-0.25, -0.2) is 9.79 Å². The molecule has 0 bridgehead atoms. The van der Waals surface area contributed by atoms with Crippen molar-refractivity contribution in [1.29, 1.82) is 0 Å². The fourth-order valence-corrected chi connectivity index (χ4v) is 2.14. The van der Waals surface area contributed by atoms with Crippen molar-refractivity contribution in [2.75, 3.05) is 6.61 Å². The van der Waals surface area contributed by atoms with Gasteiger partial charge < -0.3 is 41.9 Å². The van der Waals surface area contributed by atoms with Gasteiger partial charge in [0.1, 0.15) is 18.3 Å². The highest BCUT2D eigenvalue weighted by molar-refractivity contribution is 5.85. The number of nitrogens with one attached hydrogen (secondary N) is 1. The number of aliphatic hydroxyl groups excluding tert-OH is 3. The third-order valence-electron chi connectivity index (χ3n) is 3.10. The van der Waals surface area contributed by atoms with Crippen LogP contribution in [0.5, 0.6) is 0 Å². The number of nitrogens with two attached hydrogens (primary N) is 2. The molecule has 0 aromatic carbocycles. The number of nitrogens with zero attached hydrogens (tertiary/aromatic N) is 1. The molecule has 0 spiro atoms. The van der Waals surface area contributed by atoms with Crippen LogP contribution in [0.4, 0.5) is 0 Å². The zero-order valence-electron chi connectivity index (χ0n) is 12.3. The van der Waals surface area contributed by atoms with Crippen LogP contribution in [0.2, 0.25) is 0 Å². The predicted molar refractivity (Wildman–Crippen MR) is 76.9 cm³/mol. The summed E-state index contributed by atoms with van der Waals surface area (Å²) in [5.41, 5.74) is 10.6. The molecule has 11 nitrogen and oxygen atoms in total. The summed E-state index contributed by atoms with van der Waals surface area (Å²) in [7, 11) is 0. The number of rotatable bonds is 6. The van der Waals surface area contributed by atoms with Crippen LogP contribution in [-0.4, -0.2) is 75.3 Å². The van der Waals surface area contributed by atoms with Gasteiger partial charge >= 0.3 is 5.97 Å². The molecule has 0 saturated heterocycles. The Hall–Kier alpha value is -2.37. The van der Waals surface area contributed by atoms with Gasteiger partial charge in [0.05, 0.1) is 18.7 Å². The van der Waals surface area contributed by atoms with Gasteiger partial charge in [0, 0.05) is 6.92 Å². The first-order chi connectivity index (χ1) is 10.7. The number of carboxylic acid groups (broad SMARTS) is 1. The zero-order valence-corrected chi connectivity index (χ0v) is 12.3. The molecule has 130 valence electrons. The van der Waals surface area contributed by atoms with Gasteiger partial charge in [-0.1, -0.05) is 0 Å². The highest BCUT2D eigenvalue weighted by Gasteiger charge is 2.43. The summed E-state index contributed by atoms with van der Waals surface area (Å²) in [5, 5.41) is 40.1. The summed E-state index contributed by atoms with van der Waals surface area (Å²) in [6.45, 7) is 0.391. The van der Waals surface area contributed by atoms with E-state index in [4.69, 9.17) is 26.4 Å². The Morgan fingerprint density at radius 1 is 1.43 bits per heavy atom. The van der Waals surface area contributed by atoms with Crippen molar-refractivity contribution in [3.05, 3.63) is 11.8 Å². The Morgan fingerprint density at radius 2 is 2.04 bits per heavy atom. The molecule has 0 aromatic heterocycles. The SMILES string of the molecule is CC(=O)N[C@H]1[C@H]([C@@H](O)[C@H](O)CO)OC(C(=O)O)=C[C@H]1N=C(N)N. The summed E-state index contributed by atoms with van der Waals surface area (Å²) in [4.78, 5) is 26.3. The number of carbonyl (C=O) groups excluding carboxylic acids is 1. The number of hydrogen-bond donors (Lipinski definition) is 7. The molecule has 1 aliphatic heterocycles. The van der Waals surface area contributed by atoms with Crippen molar-refractivity contribution >= 4 is 17.8 Å². The second-order valence-corrected chi connectivity index (χ2v) is 4.93.